The van der Waals surface area contributed by atoms with Gasteiger partial charge in [-0.15, -0.1) is 0 Å². The molecule has 0 saturated carbocycles. The van der Waals surface area contributed by atoms with E-state index in [1.165, 1.54) is 12.8 Å². The van der Waals surface area contributed by atoms with Crippen molar-refractivity contribution >= 4 is 35.9 Å². The normalized spacial score (nSPS) is 4.67. The van der Waals surface area contributed by atoms with Crippen LogP contribution in [0.15, 0.2) is 0 Å². The molecule has 9 heavy (non-hydrogen) atoms. The van der Waals surface area contributed by atoms with Crippen LogP contribution in [-0.4, -0.2) is 35.9 Å². The Morgan fingerprint density at radius 2 is 1.11 bits per heavy atom. The largest absolute Gasteiger partial charge is 2.00 e. The van der Waals surface area contributed by atoms with Gasteiger partial charge in [-0.2, -0.15) is 12.8 Å². The maximum absolute atomic E-state index is 8.81. The van der Waals surface area contributed by atoms with Gasteiger partial charge < -0.3 is 20.4 Å². The summed E-state index contributed by atoms with van der Waals surface area (Å²) >= 11 is 0. The summed E-state index contributed by atoms with van der Waals surface area (Å²) in [5.41, 5.74) is 3.25. The Bertz CT molecular complexity index is 52.5. The molecule has 0 aromatic heterocycles. The smallest absolute Gasteiger partial charge is 0.519 e. The fraction of sp³-hybridized carbons (Fsp3) is 0. The molecule has 0 aliphatic carbocycles. The van der Waals surface area contributed by atoms with E-state index in [2.05, 4.69) is 11.7 Å². The molecule has 2 amide bonds. The van der Waals surface area contributed by atoms with Crippen molar-refractivity contribution in [2.24, 2.45) is 11.7 Å². The standard InChI is InChI=1S/2CH3N2O.Mg/c2*2-3-1-4;/h2*2H2,(H,3,4);/q2*-1;+2. The first kappa shape index (κ1) is 15.8. The molecule has 0 unspecified atom stereocenters. The molecule has 0 spiro atoms. The number of hydrazine groups is 2. The van der Waals surface area contributed by atoms with E-state index in [1.807, 2.05) is 0 Å². The van der Waals surface area contributed by atoms with Crippen molar-refractivity contribution < 1.29 is 9.59 Å². The first-order valence-corrected chi connectivity index (χ1v) is 1.49. The molecule has 0 atom stereocenters. The summed E-state index contributed by atoms with van der Waals surface area (Å²) in [7, 11) is 0. The van der Waals surface area contributed by atoms with Crippen LogP contribution in [-0.2, 0) is 9.59 Å². The van der Waals surface area contributed by atoms with Crippen LogP contribution in [0, 0.1) is 0 Å². The van der Waals surface area contributed by atoms with Gasteiger partial charge in [0.2, 0.25) is 0 Å². The summed E-state index contributed by atoms with van der Waals surface area (Å²) in [6, 6.07) is 0. The van der Waals surface area contributed by atoms with Crippen molar-refractivity contribution in [2.75, 3.05) is 0 Å². The second kappa shape index (κ2) is 25.5. The zero-order valence-corrected chi connectivity index (χ0v) is 6.09. The zero-order chi connectivity index (χ0) is 6.83. The Hall–Kier alpha value is -0.374. The molecule has 0 heterocycles. The van der Waals surface area contributed by atoms with Gasteiger partial charge in [-0.1, -0.05) is 0 Å². The molecule has 6 nitrogen and oxygen atoms in total. The van der Waals surface area contributed by atoms with Crippen LogP contribution < -0.4 is 22.5 Å². The molecular formula is C2H6MgN4O2. The number of carbonyl (C=O) groups excluding carboxylic acids is 2. The second-order valence-electron chi connectivity index (χ2n) is 0.493. The number of amides is 2. The summed E-state index contributed by atoms with van der Waals surface area (Å²) in [6.07, 6.45) is 2.42. The SMILES string of the molecule is NN[C-]=O.NN[C-]=O.[Mg+2]. The molecule has 0 rings (SSSR count). The molecule has 0 aromatic carbocycles. The van der Waals surface area contributed by atoms with Crippen LogP contribution in [0.1, 0.15) is 0 Å². The summed E-state index contributed by atoms with van der Waals surface area (Å²) in [5, 5.41) is 0. The minimum absolute atomic E-state index is 0. The van der Waals surface area contributed by atoms with Crippen LogP contribution >= 0.6 is 0 Å². The summed E-state index contributed by atoms with van der Waals surface area (Å²) in [5.74, 6) is 8.71. The van der Waals surface area contributed by atoms with Gasteiger partial charge in [0, 0.05) is 0 Å². The van der Waals surface area contributed by atoms with Gasteiger partial charge in [-0.25, -0.2) is 0 Å². The van der Waals surface area contributed by atoms with Gasteiger partial charge in [0.1, 0.15) is 0 Å². The average molecular weight is 142 g/mol. The first-order chi connectivity index (χ1) is 3.83. The maximum Gasteiger partial charge on any atom is 2.00 e. The zero-order valence-electron chi connectivity index (χ0n) is 4.68. The third-order valence-electron chi connectivity index (χ3n) is 0.118. The van der Waals surface area contributed by atoms with Crippen LogP contribution in [0.4, 0.5) is 0 Å². The van der Waals surface area contributed by atoms with Crippen LogP contribution in [0.3, 0.4) is 0 Å². The van der Waals surface area contributed by atoms with E-state index in [1.54, 1.807) is 10.9 Å². The number of rotatable bonds is 2. The molecule has 7 heteroatoms. The van der Waals surface area contributed by atoms with E-state index in [-0.39, 0.29) is 23.1 Å². The van der Waals surface area contributed by atoms with E-state index in [4.69, 9.17) is 9.59 Å². The van der Waals surface area contributed by atoms with Gasteiger partial charge >= 0.3 is 23.1 Å². The number of hydrogen-bond donors (Lipinski definition) is 4. The van der Waals surface area contributed by atoms with Gasteiger partial charge in [0.25, 0.3) is 0 Å². The summed E-state index contributed by atoms with van der Waals surface area (Å²) in [6.45, 7) is 0. The van der Waals surface area contributed by atoms with E-state index in [0.717, 1.165) is 0 Å². The quantitative estimate of drug-likeness (QED) is 0.0806. The Labute approximate surface area is 68.4 Å². The predicted octanol–water partition coefficient (Wildman–Crippen LogP) is -3.35. The van der Waals surface area contributed by atoms with E-state index < -0.39 is 0 Å². The Morgan fingerprint density at radius 3 is 1.11 bits per heavy atom. The van der Waals surface area contributed by atoms with Crippen molar-refractivity contribution in [1.82, 2.24) is 10.9 Å². The second-order valence-corrected chi connectivity index (χ2v) is 0.493. The molecule has 6 N–H and O–H groups in total. The molecule has 0 radical (unpaired) electrons. The third-order valence-corrected chi connectivity index (χ3v) is 0.118. The van der Waals surface area contributed by atoms with E-state index in [0.29, 0.717) is 0 Å². The number of nitrogens with two attached hydrogens (primary N) is 2. The van der Waals surface area contributed by atoms with Gasteiger partial charge in [-0.05, 0) is 0 Å². The van der Waals surface area contributed by atoms with Crippen molar-refractivity contribution in [3.63, 3.8) is 0 Å². The Morgan fingerprint density at radius 1 is 1.00 bits per heavy atom. The topological polar surface area (TPSA) is 110 Å². The number of hydrogen-bond acceptors (Lipinski definition) is 4. The molecule has 0 fully saturated rings. The Kier molecular flexibility index (Phi) is 44.8. The Balaban J connectivity index is -0.0000000720. The molecule has 0 bridgehead atoms. The molecule has 0 aliphatic heterocycles. The predicted molar refractivity (Wildman–Crippen MR) is 31.8 cm³/mol. The van der Waals surface area contributed by atoms with Crippen LogP contribution in [0.25, 0.3) is 0 Å². The molecular weight excluding hydrogens is 136 g/mol. The van der Waals surface area contributed by atoms with E-state index >= 15 is 0 Å². The molecule has 0 aliphatic rings. The fourth-order valence-electron chi connectivity index (χ4n) is 0. The maximum atomic E-state index is 8.81. The van der Waals surface area contributed by atoms with E-state index in [9.17, 15) is 0 Å². The van der Waals surface area contributed by atoms with Crippen molar-refractivity contribution in [1.29, 1.82) is 0 Å². The van der Waals surface area contributed by atoms with Gasteiger partial charge in [0.05, 0.1) is 0 Å². The van der Waals surface area contributed by atoms with Crippen molar-refractivity contribution in [2.45, 2.75) is 0 Å². The summed E-state index contributed by atoms with van der Waals surface area (Å²) in [4.78, 5) is 17.6. The summed E-state index contributed by atoms with van der Waals surface area (Å²) < 4.78 is 0. The third kappa shape index (κ3) is 91.3. The van der Waals surface area contributed by atoms with Crippen molar-refractivity contribution in [3.05, 3.63) is 0 Å². The van der Waals surface area contributed by atoms with Gasteiger partial charge in [0.15, 0.2) is 0 Å². The number of nitrogens with one attached hydrogen (secondary N) is 2. The molecule has 0 saturated heterocycles. The van der Waals surface area contributed by atoms with Gasteiger partial charge in [-0.3, -0.25) is 11.7 Å². The fourth-order valence-corrected chi connectivity index (χ4v) is 0. The minimum Gasteiger partial charge on any atom is -0.519 e. The average Bonchev–Trinajstić information content (AvgIpc) is 1.88. The van der Waals surface area contributed by atoms with Crippen molar-refractivity contribution in [3.8, 4) is 0 Å². The first-order valence-electron chi connectivity index (χ1n) is 1.49. The van der Waals surface area contributed by atoms with Crippen LogP contribution in [0.2, 0.25) is 0 Å². The molecule has 48 valence electrons. The minimum atomic E-state index is 0. The molecule has 0 aromatic rings. The monoisotopic (exact) mass is 142 g/mol. The van der Waals surface area contributed by atoms with Crippen LogP contribution in [0.5, 0.6) is 0 Å².